The lowest BCUT2D eigenvalue weighted by molar-refractivity contribution is -0.138. The summed E-state index contributed by atoms with van der Waals surface area (Å²) in [6.07, 6.45) is -2.37. The van der Waals surface area contributed by atoms with Crippen molar-refractivity contribution in [2.24, 2.45) is 5.73 Å². The van der Waals surface area contributed by atoms with Gasteiger partial charge in [0.1, 0.15) is 0 Å². The van der Waals surface area contributed by atoms with Crippen molar-refractivity contribution in [3.63, 3.8) is 0 Å². The minimum Gasteiger partial charge on any atom is -0.327 e. The summed E-state index contributed by atoms with van der Waals surface area (Å²) in [4.78, 5) is 2.00. The lowest BCUT2D eigenvalue weighted by atomic mass is 10.0. The predicted octanol–water partition coefficient (Wildman–Crippen LogP) is 3.05. The van der Waals surface area contributed by atoms with Crippen LogP contribution in [0, 0.1) is 0 Å². The topological polar surface area (TPSA) is 29.3 Å². The summed E-state index contributed by atoms with van der Waals surface area (Å²) in [7, 11) is 0. The van der Waals surface area contributed by atoms with Crippen LogP contribution >= 0.6 is 12.4 Å². The number of rotatable bonds is 2. The molecule has 1 aromatic rings. The van der Waals surface area contributed by atoms with Crippen LogP contribution in [-0.4, -0.2) is 24.0 Å². The molecule has 1 atom stereocenters. The van der Waals surface area contributed by atoms with Gasteiger partial charge in [-0.3, -0.25) is 4.90 Å². The Bertz CT molecular complexity index is 409. The van der Waals surface area contributed by atoms with Crippen LogP contribution in [0.15, 0.2) is 24.3 Å². The lowest BCUT2D eigenvalue weighted by Crippen LogP contribution is -2.42. The van der Waals surface area contributed by atoms with E-state index in [2.05, 4.69) is 0 Å². The Morgan fingerprint density at radius 3 is 2.58 bits per heavy atom. The van der Waals surface area contributed by atoms with Crippen molar-refractivity contribution in [3.05, 3.63) is 35.4 Å². The molecule has 2 N–H and O–H groups in total. The Kier molecular flexibility index (Phi) is 5.64. The van der Waals surface area contributed by atoms with Gasteiger partial charge in [0.05, 0.1) is 5.56 Å². The summed E-state index contributed by atoms with van der Waals surface area (Å²) in [6.45, 7) is 1.81. The molecule has 108 valence electrons. The number of likely N-dealkylation sites (tertiary alicyclic amines) is 1. The summed E-state index contributed by atoms with van der Waals surface area (Å²) in [6, 6.07) is 5.84. The van der Waals surface area contributed by atoms with Gasteiger partial charge in [-0.1, -0.05) is 18.2 Å². The van der Waals surface area contributed by atoms with Gasteiger partial charge in [0, 0.05) is 19.1 Å². The van der Waals surface area contributed by atoms with Crippen molar-refractivity contribution in [2.45, 2.75) is 31.6 Å². The summed E-state index contributed by atoms with van der Waals surface area (Å²) < 4.78 is 38.5. The predicted molar refractivity (Wildman–Crippen MR) is 71.2 cm³/mol. The summed E-state index contributed by atoms with van der Waals surface area (Å²) in [5.41, 5.74) is 5.63. The Morgan fingerprint density at radius 1 is 1.26 bits per heavy atom. The highest BCUT2D eigenvalue weighted by Crippen LogP contribution is 2.32. The zero-order valence-electron chi connectivity index (χ0n) is 10.5. The summed E-state index contributed by atoms with van der Waals surface area (Å²) in [5, 5.41) is 0. The molecule has 0 amide bonds. The molecule has 0 bridgehead atoms. The van der Waals surface area contributed by atoms with E-state index in [4.69, 9.17) is 5.73 Å². The number of hydrogen-bond acceptors (Lipinski definition) is 2. The number of alkyl halides is 3. The summed E-state index contributed by atoms with van der Waals surface area (Å²) >= 11 is 0. The largest absolute Gasteiger partial charge is 0.416 e. The molecule has 1 aliphatic rings. The number of halogens is 4. The lowest BCUT2D eigenvalue weighted by Gasteiger charge is -2.31. The van der Waals surface area contributed by atoms with Gasteiger partial charge in [0.15, 0.2) is 0 Å². The van der Waals surface area contributed by atoms with E-state index in [1.54, 1.807) is 12.1 Å². The first-order chi connectivity index (χ1) is 8.47. The second-order valence-corrected chi connectivity index (χ2v) is 4.79. The SMILES string of the molecule is Cl.N[C@@H]1CCCN(Cc2ccccc2C(F)(F)F)C1. The van der Waals surface area contributed by atoms with E-state index in [1.165, 1.54) is 6.07 Å². The Morgan fingerprint density at radius 2 is 1.95 bits per heavy atom. The molecule has 0 aromatic heterocycles. The maximum absolute atomic E-state index is 12.8. The van der Waals surface area contributed by atoms with Gasteiger partial charge in [-0.05, 0) is 31.0 Å². The van der Waals surface area contributed by atoms with Crippen molar-refractivity contribution in [3.8, 4) is 0 Å². The van der Waals surface area contributed by atoms with Crippen molar-refractivity contribution >= 4 is 12.4 Å². The average molecular weight is 295 g/mol. The molecule has 19 heavy (non-hydrogen) atoms. The first kappa shape index (κ1) is 16.3. The number of benzene rings is 1. The van der Waals surface area contributed by atoms with E-state index in [0.717, 1.165) is 25.5 Å². The molecule has 1 heterocycles. The van der Waals surface area contributed by atoms with E-state index < -0.39 is 11.7 Å². The minimum absolute atomic E-state index is 0. The molecule has 0 unspecified atom stereocenters. The highest BCUT2D eigenvalue weighted by molar-refractivity contribution is 5.85. The fourth-order valence-electron chi connectivity index (χ4n) is 2.41. The van der Waals surface area contributed by atoms with Crippen LogP contribution in [0.1, 0.15) is 24.0 Å². The van der Waals surface area contributed by atoms with Crippen LogP contribution in [0.2, 0.25) is 0 Å². The third-order valence-electron chi connectivity index (χ3n) is 3.26. The van der Waals surface area contributed by atoms with Crippen LogP contribution in [-0.2, 0) is 12.7 Å². The molecule has 6 heteroatoms. The minimum atomic E-state index is -4.28. The van der Waals surface area contributed by atoms with Crippen LogP contribution in [0.25, 0.3) is 0 Å². The average Bonchev–Trinajstić information content (AvgIpc) is 2.28. The molecule has 0 aliphatic carbocycles. The smallest absolute Gasteiger partial charge is 0.327 e. The van der Waals surface area contributed by atoms with E-state index in [1.807, 2.05) is 4.90 Å². The molecule has 2 nitrogen and oxygen atoms in total. The van der Waals surface area contributed by atoms with Gasteiger partial charge in [-0.2, -0.15) is 13.2 Å². The van der Waals surface area contributed by atoms with E-state index in [9.17, 15) is 13.2 Å². The molecule has 1 saturated heterocycles. The Hall–Kier alpha value is -0.780. The van der Waals surface area contributed by atoms with Crippen LogP contribution in [0.5, 0.6) is 0 Å². The fourth-order valence-corrected chi connectivity index (χ4v) is 2.41. The first-order valence-electron chi connectivity index (χ1n) is 6.10. The number of nitrogens with two attached hydrogens (primary N) is 1. The second kappa shape index (κ2) is 6.59. The van der Waals surface area contributed by atoms with Gasteiger partial charge in [-0.15, -0.1) is 12.4 Å². The monoisotopic (exact) mass is 294 g/mol. The number of nitrogens with zero attached hydrogens (tertiary/aromatic N) is 1. The molecule has 2 rings (SSSR count). The molecule has 0 spiro atoms. The van der Waals surface area contributed by atoms with Gasteiger partial charge < -0.3 is 5.73 Å². The van der Waals surface area contributed by atoms with Crippen molar-refractivity contribution < 1.29 is 13.2 Å². The molecule has 1 aliphatic heterocycles. The molecular formula is C13H18ClF3N2. The van der Waals surface area contributed by atoms with Gasteiger partial charge >= 0.3 is 6.18 Å². The highest BCUT2D eigenvalue weighted by Gasteiger charge is 2.33. The maximum Gasteiger partial charge on any atom is 0.416 e. The van der Waals surface area contributed by atoms with E-state index in [0.29, 0.717) is 18.7 Å². The molecule has 0 radical (unpaired) electrons. The van der Waals surface area contributed by atoms with Crippen LogP contribution in [0.3, 0.4) is 0 Å². The van der Waals surface area contributed by atoms with Gasteiger partial charge in [0.25, 0.3) is 0 Å². The second-order valence-electron chi connectivity index (χ2n) is 4.79. The van der Waals surface area contributed by atoms with Gasteiger partial charge in [0.2, 0.25) is 0 Å². The third kappa shape index (κ3) is 4.37. The quantitative estimate of drug-likeness (QED) is 0.908. The summed E-state index contributed by atoms with van der Waals surface area (Å²) in [5.74, 6) is 0. The normalized spacial score (nSPS) is 20.9. The zero-order valence-corrected chi connectivity index (χ0v) is 11.3. The van der Waals surface area contributed by atoms with Crippen molar-refractivity contribution in [1.29, 1.82) is 0 Å². The van der Waals surface area contributed by atoms with Crippen LogP contribution < -0.4 is 5.73 Å². The maximum atomic E-state index is 12.8. The number of hydrogen-bond donors (Lipinski definition) is 1. The third-order valence-corrected chi connectivity index (χ3v) is 3.26. The zero-order chi connectivity index (χ0) is 13.2. The van der Waals surface area contributed by atoms with Gasteiger partial charge in [-0.25, -0.2) is 0 Å². The number of piperidine rings is 1. The Labute approximate surface area is 117 Å². The highest BCUT2D eigenvalue weighted by atomic mass is 35.5. The van der Waals surface area contributed by atoms with Crippen molar-refractivity contribution in [1.82, 2.24) is 4.90 Å². The molecule has 1 aromatic carbocycles. The standard InChI is InChI=1S/C13H17F3N2.ClH/c14-13(15,16)12-6-2-1-4-10(12)8-18-7-3-5-11(17)9-18;/h1-2,4,6,11H,3,5,7-9,17H2;1H/t11-;/m1./s1. The fraction of sp³-hybridized carbons (Fsp3) is 0.538. The van der Waals surface area contributed by atoms with Crippen molar-refractivity contribution in [2.75, 3.05) is 13.1 Å². The van der Waals surface area contributed by atoms with E-state index >= 15 is 0 Å². The molecule has 1 fully saturated rings. The first-order valence-corrected chi connectivity index (χ1v) is 6.10. The molecular weight excluding hydrogens is 277 g/mol. The molecule has 0 saturated carbocycles. The Balaban J connectivity index is 0.00000180. The van der Waals surface area contributed by atoms with Crippen LogP contribution in [0.4, 0.5) is 13.2 Å². The van der Waals surface area contributed by atoms with E-state index in [-0.39, 0.29) is 18.4 Å².